The monoisotopic (exact) mass is 265 g/mol. The van der Waals surface area contributed by atoms with E-state index in [2.05, 4.69) is 5.32 Å². The first kappa shape index (κ1) is 12.7. The Morgan fingerprint density at radius 2 is 1.89 bits per heavy atom. The quantitative estimate of drug-likeness (QED) is 0.874. The van der Waals surface area contributed by atoms with Crippen LogP contribution >= 0.6 is 11.3 Å². The van der Waals surface area contributed by atoms with Crippen molar-refractivity contribution in [2.75, 3.05) is 0 Å². The molecular formula is C13H12FNO2S. The van der Waals surface area contributed by atoms with Crippen LogP contribution in [0.4, 0.5) is 4.39 Å². The Bertz CT molecular complexity index is 536. The van der Waals surface area contributed by atoms with Crippen LogP contribution < -0.4 is 5.32 Å². The molecular weight excluding hydrogens is 253 g/mol. The summed E-state index contributed by atoms with van der Waals surface area (Å²) in [5.74, 6) is -0.927. The summed E-state index contributed by atoms with van der Waals surface area (Å²) in [5, 5.41) is 11.7. The van der Waals surface area contributed by atoms with E-state index in [0.717, 1.165) is 21.8 Å². The number of carboxylic acid groups (broad SMARTS) is 1. The van der Waals surface area contributed by atoms with Gasteiger partial charge in [0.2, 0.25) is 0 Å². The number of aromatic carboxylic acids is 1. The summed E-state index contributed by atoms with van der Waals surface area (Å²) in [6, 6.07) is 9.88. The van der Waals surface area contributed by atoms with Gasteiger partial charge in [0.25, 0.3) is 0 Å². The van der Waals surface area contributed by atoms with E-state index in [9.17, 15) is 9.18 Å². The van der Waals surface area contributed by atoms with Crippen LogP contribution in [-0.2, 0) is 13.1 Å². The maximum absolute atomic E-state index is 12.7. The maximum Gasteiger partial charge on any atom is 0.335 e. The molecule has 0 aliphatic carbocycles. The highest BCUT2D eigenvalue weighted by atomic mass is 32.1. The normalized spacial score (nSPS) is 10.5. The molecule has 0 saturated heterocycles. The molecule has 2 N–H and O–H groups in total. The molecule has 0 radical (unpaired) electrons. The minimum absolute atomic E-state index is 0.183. The zero-order valence-electron chi connectivity index (χ0n) is 9.52. The van der Waals surface area contributed by atoms with Gasteiger partial charge in [-0.3, -0.25) is 0 Å². The van der Waals surface area contributed by atoms with E-state index in [1.54, 1.807) is 30.3 Å². The summed E-state index contributed by atoms with van der Waals surface area (Å²) in [6.45, 7) is 1.23. The van der Waals surface area contributed by atoms with Crippen LogP contribution in [-0.4, -0.2) is 11.1 Å². The fraction of sp³-hybridized carbons (Fsp3) is 0.154. The van der Waals surface area contributed by atoms with Gasteiger partial charge in [-0.25, -0.2) is 4.79 Å². The van der Waals surface area contributed by atoms with Gasteiger partial charge in [0.05, 0.1) is 5.56 Å². The molecule has 0 atom stereocenters. The molecule has 1 aromatic carbocycles. The zero-order chi connectivity index (χ0) is 13.0. The Morgan fingerprint density at radius 3 is 2.44 bits per heavy atom. The molecule has 0 aliphatic heterocycles. The molecule has 94 valence electrons. The Hall–Kier alpha value is -1.72. The molecule has 1 aromatic heterocycles. The molecule has 5 heteroatoms. The smallest absolute Gasteiger partial charge is 0.335 e. The number of hydrogen-bond acceptors (Lipinski definition) is 3. The van der Waals surface area contributed by atoms with Crippen molar-refractivity contribution in [3.8, 4) is 0 Å². The van der Waals surface area contributed by atoms with Gasteiger partial charge in [0, 0.05) is 18.0 Å². The summed E-state index contributed by atoms with van der Waals surface area (Å²) >= 11 is 1.12. The predicted octanol–water partition coefficient (Wildman–Crippen LogP) is 2.88. The first-order valence-corrected chi connectivity index (χ1v) is 6.24. The molecule has 0 unspecified atom stereocenters. The number of nitrogens with one attached hydrogen (secondary N) is 1. The zero-order valence-corrected chi connectivity index (χ0v) is 10.3. The summed E-state index contributed by atoms with van der Waals surface area (Å²) in [7, 11) is 0. The average Bonchev–Trinajstić information content (AvgIpc) is 2.76. The van der Waals surface area contributed by atoms with Gasteiger partial charge in [-0.15, -0.1) is 11.3 Å². The van der Waals surface area contributed by atoms with Crippen LogP contribution in [0.15, 0.2) is 36.4 Å². The molecule has 2 aromatic rings. The molecule has 0 amide bonds. The lowest BCUT2D eigenvalue weighted by molar-refractivity contribution is 0.0697. The predicted molar refractivity (Wildman–Crippen MR) is 68.2 cm³/mol. The third-order valence-corrected chi connectivity index (χ3v) is 3.33. The topological polar surface area (TPSA) is 49.3 Å². The first-order chi connectivity index (χ1) is 8.65. The fourth-order valence-electron chi connectivity index (χ4n) is 1.54. The molecule has 18 heavy (non-hydrogen) atoms. The summed E-state index contributed by atoms with van der Waals surface area (Å²) < 4.78 is 12.7. The highest BCUT2D eigenvalue weighted by Crippen LogP contribution is 2.14. The number of benzene rings is 1. The summed E-state index contributed by atoms with van der Waals surface area (Å²) in [6.07, 6.45) is 0. The van der Waals surface area contributed by atoms with Gasteiger partial charge < -0.3 is 10.4 Å². The first-order valence-electron chi connectivity index (χ1n) is 5.42. The second kappa shape index (κ2) is 5.75. The van der Waals surface area contributed by atoms with Crippen LogP contribution in [0.1, 0.15) is 20.8 Å². The van der Waals surface area contributed by atoms with Gasteiger partial charge >= 0.3 is 5.97 Å². The molecule has 0 bridgehead atoms. The van der Waals surface area contributed by atoms with Crippen LogP contribution in [0, 0.1) is 5.13 Å². The van der Waals surface area contributed by atoms with Crippen LogP contribution in [0.25, 0.3) is 0 Å². The Balaban J connectivity index is 1.85. The van der Waals surface area contributed by atoms with Gasteiger partial charge in [-0.2, -0.15) is 4.39 Å². The highest BCUT2D eigenvalue weighted by molar-refractivity contribution is 7.10. The molecule has 0 spiro atoms. The Morgan fingerprint density at radius 1 is 1.17 bits per heavy atom. The van der Waals surface area contributed by atoms with Crippen molar-refractivity contribution in [1.82, 2.24) is 5.32 Å². The van der Waals surface area contributed by atoms with E-state index in [1.807, 2.05) is 0 Å². The van der Waals surface area contributed by atoms with Gasteiger partial charge in [-0.05, 0) is 29.8 Å². The van der Waals surface area contributed by atoms with Gasteiger partial charge in [0.15, 0.2) is 5.13 Å². The van der Waals surface area contributed by atoms with Gasteiger partial charge in [-0.1, -0.05) is 12.1 Å². The van der Waals surface area contributed by atoms with Crippen molar-refractivity contribution in [2.45, 2.75) is 13.1 Å². The summed E-state index contributed by atoms with van der Waals surface area (Å²) in [4.78, 5) is 11.6. The van der Waals surface area contributed by atoms with E-state index in [0.29, 0.717) is 13.1 Å². The Labute approximate surface area is 108 Å². The van der Waals surface area contributed by atoms with E-state index < -0.39 is 5.97 Å². The molecule has 0 saturated carbocycles. The van der Waals surface area contributed by atoms with E-state index in [1.165, 1.54) is 6.07 Å². The lowest BCUT2D eigenvalue weighted by Crippen LogP contribution is -2.11. The molecule has 2 rings (SSSR count). The van der Waals surface area contributed by atoms with E-state index in [4.69, 9.17) is 5.11 Å². The van der Waals surface area contributed by atoms with Crippen molar-refractivity contribution >= 4 is 17.3 Å². The fourth-order valence-corrected chi connectivity index (χ4v) is 2.24. The number of halogens is 1. The number of carbonyl (C=O) groups is 1. The number of thiophene rings is 1. The van der Waals surface area contributed by atoms with Crippen molar-refractivity contribution in [3.63, 3.8) is 0 Å². The van der Waals surface area contributed by atoms with Crippen molar-refractivity contribution in [1.29, 1.82) is 0 Å². The average molecular weight is 265 g/mol. The number of hydrogen-bond donors (Lipinski definition) is 2. The van der Waals surface area contributed by atoms with Crippen molar-refractivity contribution in [3.05, 3.63) is 57.5 Å². The standard InChI is InChI=1S/C13H12FNO2S/c14-12-6-5-11(18-12)8-15-7-9-1-3-10(4-2-9)13(16)17/h1-6,15H,7-8H2,(H,16,17). The van der Waals surface area contributed by atoms with Crippen LogP contribution in [0.5, 0.6) is 0 Å². The lowest BCUT2D eigenvalue weighted by Gasteiger charge is -2.03. The molecule has 1 heterocycles. The SMILES string of the molecule is O=C(O)c1ccc(CNCc2ccc(F)s2)cc1. The highest BCUT2D eigenvalue weighted by Gasteiger charge is 2.02. The largest absolute Gasteiger partial charge is 0.478 e. The maximum atomic E-state index is 12.7. The minimum Gasteiger partial charge on any atom is -0.478 e. The van der Waals surface area contributed by atoms with Crippen LogP contribution in [0.2, 0.25) is 0 Å². The second-order valence-electron chi connectivity index (χ2n) is 3.81. The third kappa shape index (κ3) is 3.38. The number of carboxylic acids is 1. The van der Waals surface area contributed by atoms with Crippen molar-refractivity contribution < 1.29 is 14.3 Å². The lowest BCUT2D eigenvalue weighted by atomic mass is 10.1. The molecule has 3 nitrogen and oxygen atoms in total. The van der Waals surface area contributed by atoms with Crippen molar-refractivity contribution in [2.24, 2.45) is 0 Å². The Kier molecular flexibility index (Phi) is 4.07. The van der Waals surface area contributed by atoms with Gasteiger partial charge in [0.1, 0.15) is 0 Å². The number of rotatable bonds is 5. The van der Waals surface area contributed by atoms with E-state index in [-0.39, 0.29) is 10.7 Å². The second-order valence-corrected chi connectivity index (χ2v) is 4.93. The summed E-state index contributed by atoms with van der Waals surface area (Å²) in [5.41, 5.74) is 1.27. The van der Waals surface area contributed by atoms with Crippen LogP contribution in [0.3, 0.4) is 0 Å². The van der Waals surface area contributed by atoms with E-state index >= 15 is 0 Å². The minimum atomic E-state index is -0.927. The third-order valence-electron chi connectivity index (χ3n) is 2.46. The molecule has 0 fully saturated rings. The molecule has 0 aliphatic rings.